The number of nitrogens with two attached hydrogens (primary N) is 1. The summed E-state index contributed by atoms with van der Waals surface area (Å²) in [7, 11) is -4.92. The zero-order valence-corrected chi connectivity index (χ0v) is 15.3. The van der Waals surface area contributed by atoms with Crippen molar-refractivity contribution < 1.29 is 34.8 Å². The van der Waals surface area contributed by atoms with Gasteiger partial charge in [-0.2, -0.15) is 13.2 Å². The van der Waals surface area contributed by atoms with Gasteiger partial charge in [0.2, 0.25) is 0 Å². The van der Waals surface area contributed by atoms with Gasteiger partial charge in [0.15, 0.2) is 21.5 Å². The van der Waals surface area contributed by atoms with Gasteiger partial charge in [0.05, 0.1) is 17.2 Å². The summed E-state index contributed by atoms with van der Waals surface area (Å²) in [5.74, 6) is -1.48. The van der Waals surface area contributed by atoms with E-state index in [9.17, 15) is 34.8 Å². The second kappa shape index (κ2) is 8.13. The Morgan fingerprint density at radius 2 is 1.79 bits per heavy atom. The Balaban J connectivity index is 2.76. The van der Waals surface area contributed by atoms with E-state index in [2.05, 4.69) is 4.98 Å². The smallest absolute Gasteiger partial charge is 0.308 e. The summed E-state index contributed by atoms with van der Waals surface area (Å²) in [6.07, 6.45) is -5.76. The van der Waals surface area contributed by atoms with E-state index >= 15 is 0 Å². The third-order valence-electron chi connectivity index (χ3n) is 3.69. The van der Waals surface area contributed by atoms with Crippen LogP contribution in [-0.2, 0) is 9.84 Å². The van der Waals surface area contributed by atoms with Crippen molar-refractivity contribution in [3.63, 3.8) is 0 Å². The predicted octanol–water partition coefficient (Wildman–Crippen LogP) is 3.89. The Labute approximate surface area is 160 Å². The Hall–Kier alpha value is -2.05. The number of benzene rings is 1. The highest BCUT2D eigenvalue weighted by atomic mass is 35.5. The Bertz CT molecular complexity index is 984. The van der Waals surface area contributed by atoms with E-state index in [0.717, 1.165) is 12.3 Å². The Morgan fingerprint density at radius 1 is 1.18 bits per heavy atom. The van der Waals surface area contributed by atoms with Gasteiger partial charge < -0.3 is 5.43 Å². The van der Waals surface area contributed by atoms with Crippen molar-refractivity contribution in [2.45, 2.75) is 17.8 Å². The standard InChI is InChI=1S/C15H12ClF6N3O2S/c16-8-6-24-11(25-23)5-7(8)14(28(26,27)4-3-15(20,21)22)12-9(17)1-2-10(18)13(12)19/h1-2,5-6,14H,3-4,23H2,(H,24,25). The van der Waals surface area contributed by atoms with Gasteiger partial charge in [-0.3, -0.25) is 0 Å². The second-order valence-electron chi connectivity index (χ2n) is 5.60. The fourth-order valence-electron chi connectivity index (χ4n) is 2.42. The third kappa shape index (κ3) is 4.86. The first-order valence-electron chi connectivity index (χ1n) is 7.41. The lowest BCUT2D eigenvalue weighted by Crippen LogP contribution is -2.25. The first-order chi connectivity index (χ1) is 12.9. The number of sulfone groups is 1. The SMILES string of the molecule is NNc1cc(C(c2c(F)ccc(F)c2F)S(=O)(=O)CCC(F)(F)F)c(Cl)cn1. The van der Waals surface area contributed by atoms with Crippen LogP contribution in [0.5, 0.6) is 0 Å². The maximum Gasteiger partial charge on any atom is 0.390 e. The van der Waals surface area contributed by atoms with Crippen LogP contribution in [0.4, 0.5) is 32.2 Å². The molecular formula is C15H12ClF6N3O2S. The van der Waals surface area contributed by atoms with E-state index < -0.39 is 67.0 Å². The van der Waals surface area contributed by atoms with Crippen LogP contribution >= 0.6 is 11.6 Å². The number of anilines is 1. The molecule has 0 radical (unpaired) electrons. The molecular weight excluding hydrogens is 436 g/mol. The average molecular weight is 448 g/mol. The molecule has 0 aliphatic heterocycles. The minimum atomic E-state index is -4.92. The number of alkyl halides is 3. The van der Waals surface area contributed by atoms with Crippen molar-refractivity contribution >= 4 is 27.3 Å². The van der Waals surface area contributed by atoms with Crippen LogP contribution in [0.25, 0.3) is 0 Å². The largest absolute Gasteiger partial charge is 0.390 e. The van der Waals surface area contributed by atoms with Crippen molar-refractivity contribution in [1.82, 2.24) is 4.98 Å². The van der Waals surface area contributed by atoms with Crippen molar-refractivity contribution in [3.8, 4) is 0 Å². The molecule has 0 amide bonds. The van der Waals surface area contributed by atoms with Crippen molar-refractivity contribution in [1.29, 1.82) is 0 Å². The molecule has 28 heavy (non-hydrogen) atoms. The third-order valence-corrected chi connectivity index (χ3v) is 5.98. The normalized spacial score (nSPS) is 13.4. The molecule has 2 rings (SSSR count). The molecule has 0 spiro atoms. The van der Waals surface area contributed by atoms with Crippen LogP contribution in [0.2, 0.25) is 5.02 Å². The number of nitrogen functional groups attached to an aromatic ring is 1. The number of hydrogen-bond acceptors (Lipinski definition) is 5. The minimum absolute atomic E-state index is 0.187. The summed E-state index contributed by atoms with van der Waals surface area (Å²) in [5, 5.41) is -2.80. The molecule has 1 unspecified atom stereocenters. The maximum atomic E-state index is 14.3. The summed E-state index contributed by atoms with van der Waals surface area (Å²) in [5.41, 5.74) is 0.231. The molecule has 1 heterocycles. The fraction of sp³-hybridized carbons (Fsp3) is 0.267. The van der Waals surface area contributed by atoms with Crippen LogP contribution < -0.4 is 11.3 Å². The lowest BCUT2D eigenvalue weighted by atomic mass is 10.0. The summed E-state index contributed by atoms with van der Waals surface area (Å²) >= 11 is 5.88. The highest BCUT2D eigenvalue weighted by Gasteiger charge is 2.39. The lowest BCUT2D eigenvalue weighted by molar-refractivity contribution is -0.129. The molecule has 0 aliphatic rings. The molecule has 1 atom stereocenters. The second-order valence-corrected chi connectivity index (χ2v) is 8.22. The molecule has 0 saturated heterocycles. The molecule has 5 nitrogen and oxygen atoms in total. The average Bonchev–Trinajstić information content (AvgIpc) is 2.60. The zero-order chi connectivity index (χ0) is 21.3. The highest BCUT2D eigenvalue weighted by Crippen LogP contribution is 2.40. The molecule has 0 saturated carbocycles. The van der Waals surface area contributed by atoms with Gasteiger partial charge >= 0.3 is 6.18 Å². The fourth-order valence-corrected chi connectivity index (χ4v) is 4.61. The van der Waals surface area contributed by atoms with Gasteiger partial charge in [0.25, 0.3) is 0 Å². The number of pyridine rings is 1. The van der Waals surface area contributed by atoms with E-state index in [1.54, 1.807) is 0 Å². The lowest BCUT2D eigenvalue weighted by Gasteiger charge is -2.22. The Morgan fingerprint density at radius 3 is 2.36 bits per heavy atom. The van der Waals surface area contributed by atoms with Crippen molar-refractivity contribution in [3.05, 3.63) is 58.0 Å². The van der Waals surface area contributed by atoms with Crippen LogP contribution in [-0.4, -0.2) is 25.3 Å². The van der Waals surface area contributed by atoms with Gasteiger partial charge in [-0.1, -0.05) is 11.6 Å². The van der Waals surface area contributed by atoms with Gasteiger partial charge in [-0.05, 0) is 23.8 Å². The zero-order valence-electron chi connectivity index (χ0n) is 13.7. The molecule has 13 heteroatoms. The number of nitrogens with one attached hydrogen (secondary N) is 1. The van der Waals surface area contributed by atoms with Crippen molar-refractivity contribution in [2.75, 3.05) is 11.2 Å². The number of hydrogen-bond donors (Lipinski definition) is 2. The van der Waals surface area contributed by atoms with Gasteiger partial charge in [0, 0.05) is 11.8 Å². The van der Waals surface area contributed by atoms with Crippen LogP contribution in [0.15, 0.2) is 24.4 Å². The minimum Gasteiger partial charge on any atom is -0.308 e. The molecule has 0 aliphatic carbocycles. The van der Waals surface area contributed by atoms with E-state index in [1.165, 1.54) is 0 Å². The Kier molecular flexibility index (Phi) is 6.46. The number of aromatic nitrogens is 1. The van der Waals surface area contributed by atoms with E-state index in [1.807, 2.05) is 5.43 Å². The van der Waals surface area contributed by atoms with Gasteiger partial charge in [-0.25, -0.2) is 32.4 Å². The number of nitrogens with zero attached hydrogens (tertiary/aromatic N) is 1. The monoisotopic (exact) mass is 447 g/mol. The maximum absolute atomic E-state index is 14.3. The van der Waals surface area contributed by atoms with E-state index in [-0.39, 0.29) is 5.82 Å². The summed E-state index contributed by atoms with van der Waals surface area (Å²) < 4.78 is 105. The topological polar surface area (TPSA) is 85.1 Å². The van der Waals surface area contributed by atoms with E-state index in [4.69, 9.17) is 17.4 Å². The summed E-state index contributed by atoms with van der Waals surface area (Å²) in [6, 6.07) is 1.76. The number of rotatable bonds is 6. The van der Waals surface area contributed by atoms with Crippen LogP contribution in [0.1, 0.15) is 22.8 Å². The van der Waals surface area contributed by atoms with Crippen LogP contribution in [0.3, 0.4) is 0 Å². The molecule has 1 aromatic heterocycles. The molecule has 154 valence electrons. The summed E-state index contributed by atoms with van der Waals surface area (Å²) in [4.78, 5) is 3.66. The molecule has 1 aromatic carbocycles. The quantitative estimate of drug-likeness (QED) is 0.304. The first-order valence-corrected chi connectivity index (χ1v) is 9.50. The van der Waals surface area contributed by atoms with Gasteiger partial charge in [-0.15, -0.1) is 0 Å². The highest BCUT2D eigenvalue weighted by molar-refractivity contribution is 7.91. The molecule has 2 aromatic rings. The molecule has 3 N–H and O–H groups in total. The first kappa shape index (κ1) is 22.2. The predicted molar refractivity (Wildman–Crippen MR) is 89.7 cm³/mol. The number of hydrazine groups is 1. The van der Waals surface area contributed by atoms with Crippen molar-refractivity contribution in [2.24, 2.45) is 5.84 Å². The van der Waals surface area contributed by atoms with Crippen LogP contribution in [0, 0.1) is 17.5 Å². The molecule has 0 fully saturated rings. The number of halogens is 7. The molecule has 0 bridgehead atoms. The van der Waals surface area contributed by atoms with E-state index in [0.29, 0.717) is 12.1 Å². The summed E-state index contributed by atoms with van der Waals surface area (Å²) in [6.45, 7) is 0. The van der Waals surface area contributed by atoms with Gasteiger partial charge in [0.1, 0.15) is 16.9 Å².